The lowest BCUT2D eigenvalue weighted by Gasteiger charge is -2.30. The Morgan fingerprint density at radius 3 is 2.71 bits per heavy atom. The SMILES string of the molecule is CCCNC(CC(C)(C)OC)c1cccc2cccnc12. The quantitative estimate of drug-likeness (QED) is 0.832. The highest BCUT2D eigenvalue weighted by Gasteiger charge is 2.25. The molecule has 3 nitrogen and oxygen atoms in total. The van der Waals surface area contributed by atoms with Crippen LogP contribution in [0.25, 0.3) is 10.9 Å². The molecular weight excluding hydrogens is 260 g/mol. The van der Waals surface area contributed by atoms with Crippen molar-refractivity contribution in [3.63, 3.8) is 0 Å². The van der Waals surface area contributed by atoms with Crippen LogP contribution in [0.5, 0.6) is 0 Å². The summed E-state index contributed by atoms with van der Waals surface area (Å²) < 4.78 is 5.62. The molecule has 1 aromatic carbocycles. The van der Waals surface area contributed by atoms with Crippen molar-refractivity contribution in [1.82, 2.24) is 10.3 Å². The van der Waals surface area contributed by atoms with Crippen LogP contribution in [0.15, 0.2) is 36.5 Å². The smallest absolute Gasteiger partial charge is 0.0749 e. The van der Waals surface area contributed by atoms with E-state index in [0.717, 1.165) is 24.9 Å². The second-order valence-corrected chi connectivity index (χ2v) is 6.10. The van der Waals surface area contributed by atoms with Gasteiger partial charge in [0, 0.05) is 24.7 Å². The number of rotatable bonds is 7. The summed E-state index contributed by atoms with van der Waals surface area (Å²) in [5.41, 5.74) is 2.18. The molecule has 0 saturated heterocycles. The molecule has 1 heterocycles. The topological polar surface area (TPSA) is 34.1 Å². The van der Waals surface area contributed by atoms with E-state index in [-0.39, 0.29) is 11.6 Å². The second-order valence-electron chi connectivity index (χ2n) is 6.10. The van der Waals surface area contributed by atoms with Crippen molar-refractivity contribution < 1.29 is 4.74 Å². The molecule has 1 unspecified atom stereocenters. The first-order valence-electron chi connectivity index (χ1n) is 7.69. The molecule has 0 aliphatic rings. The molecule has 21 heavy (non-hydrogen) atoms. The summed E-state index contributed by atoms with van der Waals surface area (Å²) in [7, 11) is 1.78. The van der Waals surface area contributed by atoms with Crippen molar-refractivity contribution in [1.29, 1.82) is 0 Å². The van der Waals surface area contributed by atoms with Crippen molar-refractivity contribution in [3.8, 4) is 0 Å². The summed E-state index contributed by atoms with van der Waals surface area (Å²) in [4.78, 5) is 4.59. The van der Waals surface area contributed by atoms with Crippen molar-refractivity contribution in [3.05, 3.63) is 42.1 Å². The van der Waals surface area contributed by atoms with Gasteiger partial charge in [0.1, 0.15) is 0 Å². The van der Waals surface area contributed by atoms with Crippen LogP contribution in [-0.2, 0) is 4.74 Å². The molecule has 3 heteroatoms. The largest absolute Gasteiger partial charge is 0.379 e. The van der Waals surface area contributed by atoms with E-state index in [1.165, 1.54) is 10.9 Å². The highest BCUT2D eigenvalue weighted by molar-refractivity contribution is 5.82. The third kappa shape index (κ3) is 4.02. The number of ether oxygens (including phenoxy) is 1. The molecule has 114 valence electrons. The van der Waals surface area contributed by atoms with Gasteiger partial charge >= 0.3 is 0 Å². The van der Waals surface area contributed by atoms with Gasteiger partial charge < -0.3 is 10.1 Å². The van der Waals surface area contributed by atoms with E-state index in [2.05, 4.69) is 55.3 Å². The van der Waals surface area contributed by atoms with Gasteiger partial charge in [0.2, 0.25) is 0 Å². The number of aromatic nitrogens is 1. The molecule has 1 N–H and O–H groups in total. The number of pyridine rings is 1. The molecule has 0 bridgehead atoms. The van der Waals surface area contributed by atoms with Crippen molar-refractivity contribution in [2.24, 2.45) is 0 Å². The summed E-state index contributed by atoms with van der Waals surface area (Å²) in [6.07, 6.45) is 3.89. The fourth-order valence-corrected chi connectivity index (χ4v) is 2.59. The monoisotopic (exact) mass is 286 g/mol. The number of hydrogen-bond acceptors (Lipinski definition) is 3. The third-order valence-corrected chi connectivity index (χ3v) is 3.93. The standard InChI is InChI=1S/C18H26N2O/c1-5-11-19-16(13-18(2,3)21-4)15-10-6-8-14-9-7-12-20-17(14)15/h6-10,12,16,19H,5,11,13H2,1-4H3. The molecule has 0 radical (unpaired) electrons. The first-order valence-corrected chi connectivity index (χ1v) is 7.69. The molecule has 0 saturated carbocycles. The van der Waals surface area contributed by atoms with Crippen LogP contribution in [0.1, 0.15) is 45.2 Å². The average molecular weight is 286 g/mol. The van der Waals surface area contributed by atoms with Gasteiger partial charge in [-0.2, -0.15) is 0 Å². The molecule has 2 rings (SSSR count). The lowest BCUT2D eigenvalue weighted by atomic mass is 9.92. The maximum atomic E-state index is 5.62. The fourth-order valence-electron chi connectivity index (χ4n) is 2.59. The number of nitrogens with one attached hydrogen (secondary N) is 1. The Morgan fingerprint density at radius 1 is 1.24 bits per heavy atom. The molecule has 1 atom stereocenters. The van der Waals surface area contributed by atoms with Gasteiger partial charge in [-0.25, -0.2) is 0 Å². The minimum absolute atomic E-state index is 0.164. The van der Waals surface area contributed by atoms with Gasteiger partial charge in [0.05, 0.1) is 11.1 Å². The lowest BCUT2D eigenvalue weighted by molar-refractivity contribution is 0.00695. The molecular formula is C18H26N2O. The zero-order valence-corrected chi connectivity index (χ0v) is 13.5. The van der Waals surface area contributed by atoms with Crippen LogP contribution in [0.3, 0.4) is 0 Å². The van der Waals surface area contributed by atoms with Gasteiger partial charge in [-0.1, -0.05) is 31.2 Å². The van der Waals surface area contributed by atoms with Gasteiger partial charge in [0.15, 0.2) is 0 Å². The van der Waals surface area contributed by atoms with Crippen LogP contribution >= 0.6 is 0 Å². The number of hydrogen-bond donors (Lipinski definition) is 1. The van der Waals surface area contributed by atoms with E-state index < -0.39 is 0 Å². The fraction of sp³-hybridized carbons (Fsp3) is 0.500. The second kappa shape index (κ2) is 7.01. The predicted molar refractivity (Wildman–Crippen MR) is 88.5 cm³/mol. The minimum atomic E-state index is -0.164. The highest BCUT2D eigenvalue weighted by Crippen LogP contribution is 2.30. The Morgan fingerprint density at radius 2 is 2.00 bits per heavy atom. The normalized spacial score (nSPS) is 13.5. The maximum Gasteiger partial charge on any atom is 0.0749 e. The van der Waals surface area contributed by atoms with Crippen LogP contribution < -0.4 is 5.32 Å². The Bertz CT molecular complexity index is 575. The molecule has 0 aliphatic carbocycles. The first kappa shape index (κ1) is 15.9. The summed E-state index contributed by atoms with van der Waals surface area (Å²) in [6, 6.07) is 10.8. The van der Waals surface area contributed by atoms with Crippen LogP contribution in [0.4, 0.5) is 0 Å². The van der Waals surface area contributed by atoms with E-state index in [4.69, 9.17) is 4.74 Å². The Hall–Kier alpha value is -1.45. The number of fused-ring (bicyclic) bond motifs is 1. The van der Waals surface area contributed by atoms with Gasteiger partial charge in [-0.15, -0.1) is 0 Å². The third-order valence-electron chi connectivity index (χ3n) is 3.93. The Balaban J connectivity index is 2.38. The van der Waals surface area contributed by atoms with Gasteiger partial charge in [-0.05, 0) is 44.9 Å². The molecule has 0 amide bonds. The first-order chi connectivity index (χ1) is 10.1. The van der Waals surface area contributed by atoms with E-state index in [9.17, 15) is 0 Å². The van der Waals surface area contributed by atoms with E-state index >= 15 is 0 Å². The minimum Gasteiger partial charge on any atom is -0.379 e. The summed E-state index contributed by atoms with van der Waals surface area (Å²) in [6.45, 7) is 7.44. The van der Waals surface area contributed by atoms with E-state index in [0.29, 0.717) is 0 Å². The van der Waals surface area contributed by atoms with Crippen molar-refractivity contribution >= 4 is 10.9 Å². The summed E-state index contributed by atoms with van der Waals surface area (Å²) >= 11 is 0. The van der Waals surface area contributed by atoms with Crippen LogP contribution in [0, 0.1) is 0 Å². The molecule has 0 fully saturated rings. The Labute approximate surface area is 127 Å². The zero-order valence-electron chi connectivity index (χ0n) is 13.5. The van der Waals surface area contributed by atoms with Crippen LogP contribution in [-0.4, -0.2) is 24.2 Å². The predicted octanol–water partition coefficient (Wildman–Crippen LogP) is 4.09. The maximum absolute atomic E-state index is 5.62. The molecule has 0 aliphatic heterocycles. The van der Waals surface area contributed by atoms with Crippen LogP contribution in [0.2, 0.25) is 0 Å². The molecule has 0 spiro atoms. The Kier molecular flexibility index (Phi) is 5.32. The number of nitrogens with zero attached hydrogens (tertiary/aromatic N) is 1. The summed E-state index contributed by atoms with van der Waals surface area (Å²) in [5, 5.41) is 4.84. The number of methoxy groups -OCH3 is 1. The molecule has 2 aromatic rings. The number of para-hydroxylation sites is 1. The van der Waals surface area contributed by atoms with Gasteiger partial charge in [0.25, 0.3) is 0 Å². The van der Waals surface area contributed by atoms with Crippen molar-refractivity contribution in [2.45, 2.75) is 45.3 Å². The highest BCUT2D eigenvalue weighted by atomic mass is 16.5. The average Bonchev–Trinajstić information content (AvgIpc) is 2.51. The molecule has 1 aromatic heterocycles. The number of benzene rings is 1. The van der Waals surface area contributed by atoms with E-state index in [1.54, 1.807) is 7.11 Å². The zero-order chi connectivity index (χ0) is 15.3. The van der Waals surface area contributed by atoms with Gasteiger partial charge in [-0.3, -0.25) is 4.98 Å². The lowest BCUT2D eigenvalue weighted by Crippen LogP contribution is -2.32. The van der Waals surface area contributed by atoms with E-state index in [1.807, 2.05) is 12.3 Å². The summed E-state index contributed by atoms with van der Waals surface area (Å²) in [5.74, 6) is 0. The van der Waals surface area contributed by atoms with Crippen molar-refractivity contribution in [2.75, 3.05) is 13.7 Å².